The maximum Gasteiger partial charge on any atom is 0.235 e. The monoisotopic (exact) mass is 757 g/mol. The number of pyridine rings is 2. The fourth-order valence-corrected chi connectivity index (χ4v) is 7.11. The van der Waals surface area contributed by atoms with Crippen molar-refractivity contribution in [3.05, 3.63) is 188 Å². The minimum Gasteiger partial charge on any atom is -0.306 e. The zero-order valence-corrected chi connectivity index (χ0v) is 28.4. The lowest BCUT2D eigenvalue weighted by atomic mass is 10.0. The van der Waals surface area contributed by atoms with Crippen LogP contribution in [0.3, 0.4) is 0 Å². The zero-order valence-electron chi connectivity index (χ0n) is 56.4. The van der Waals surface area contributed by atoms with Crippen LogP contribution in [0.2, 0.25) is 0 Å². The van der Waals surface area contributed by atoms with E-state index in [1.54, 1.807) is 0 Å². The van der Waals surface area contributed by atoms with E-state index in [2.05, 4.69) is 15.0 Å². The summed E-state index contributed by atoms with van der Waals surface area (Å²) in [7, 11) is 0. The van der Waals surface area contributed by atoms with E-state index in [4.69, 9.17) is 26.9 Å². The van der Waals surface area contributed by atoms with Crippen molar-refractivity contribution in [1.82, 2.24) is 33.6 Å². The van der Waals surface area contributed by atoms with Crippen LogP contribution in [0.15, 0.2) is 188 Å². The second-order valence-corrected chi connectivity index (χ2v) is 12.3. The first kappa shape index (κ1) is 14.6. The second kappa shape index (κ2) is 12.3. The van der Waals surface area contributed by atoms with E-state index in [0.717, 1.165) is 13.7 Å². The first-order valence-electron chi connectivity index (χ1n) is 30.8. The third-order valence-electron chi connectivity index (χ3n) is 9.36. The Bertz CT molecular complexity index is 5080. The average molecular weight is 758 g/mol. The summed E-state index contributed by atoms with van der Waals surface area (Å²) >= 11 is 0. The summed E-state index contributed by atoms with van der Waals surface area (Å²) in [4.78, 5) is 17.3. The fourth-order valence-electron chi connectivity index (χ4n) is 7.11. The van der Waals surface area contributed by atoms with Gasteiger partial charge in [0.25, 0.3) is 0 Å². The molecule has 0 N–H and O–H groups in total. The molecule has 0 radical (unpaired) electrons. The highest BCUT2D eigenvalue weighted by atomic mass is 15.2. The van der Waals surface area contributed by atoms with Crippen molar-refractivity contribution in [3.63, 3.8) is 0 Å². The lowest BCUT2D eigenvalue weighted by molar-refractivity contribution is 0.993. The number of aromatic nitrogens is 7. The molecule has 0 fully saturated rings. The number of rotatable bonds is 5. The van der Waals surface area contributed by atoms with E-state index in [9.17, 15) is 16.4 Å². The van der Waals surface area contributed by atoms with Gasteiger partial charge in [0.2, 0.25) is 5.95 Å². The third kappa shape index (κ3) is 4.66. The molecule has 12 rings (SSSR count). The van der Waals surface area contributed by atoms with Crippen LogP contribution < -0.4 is 0 Å². The largest absolute Gasteiger partial charge is 0.306 e. The maximum atomic E-state index is 10.2. The number of hydrogen-bond acceptors (Lipinski definition) is 4. The summed E-state index contributed by atoms with van der Waals surface area (Å²) in [6.45, 7) is 0. The van der Waals surface area contributed by atoms with Gasteiger partial charge in [-0.25, -0.2) is 9.97 Å². The SMILES string of the molecule is [2H]c1nc([2H])c2c(c1[2H])c1c([2H])c([2H])c([2H])c([2H])c1n2-c1cccc(-c2nc(-n3c4c([2H])c([2H])c([2H])c([2H])c4c4c([2H])c([2H])c([2H])c([2H])c43)nc(-c3c([2H])c([2H])c([2H])c([2H])c3[2H])c2[2H])c1-n1c2c([2H])nc([2H])c([2H])c2c2c([2H])c([2H])c([2H])c([2H])c21. The average Bonchev–Trinajstić information content (AvgIpc) is 1.61. The van der Waals surface area contributed by atoms with Crippen LogP contribution in [0.5, 0.6) is 0 Å². The van der Waals surface area contributed by atoms with Crippen molar-refractivity contribution in [3.8, 4) is 39.8 Å². The molecule has 7 heteroatoms. The molecule has 0 saturated heterocycles. The molecule has 0 spiro atoms. The van der Waals surface area contributed by atoms with Gasteiger partial charge in [0, 0.05) is 55.8 Å². The first-order valence-corrected chi connectivity index (χ1v) is 16.8. The second-order valence-electron chi connectivity index (χ2n) is 12.3. The van der Waals surface area contributed by atoms with Gasteiger partial charge in [0.1, 0.15) is 0 Å². The summed E-state index contributed by atoms with van der Waals surface area (Å²) in [5.41, 5.74) is -7.23. The summed E-state index contributed by atoms with van der Waals surface area (Å²) in [5.74, 6) is -0.871. The molecule has 0 aliphatic carbocycles. The Morgan fingerprint density at radius 1 is 0.421 bits per heavy atom. The minimum absolute atomic E-state index is 0.419. The van der Waals surface area contributed by atoms with E-state index < -0.39 is 275 Å². The van der Waals surface area contributed by atoms with Crippen LogP contribution in [0.25, 0.3) is 105 Å². The molecule has 6 aromatic heterocycles. The van der Waals surface area contributed by atoms with E-state index >= 15 is 0 Å². The van der Waals surface area contributed by atoms with Crippen molar-refractivity contribution in [2.24, 2.45) is 0 Å². The van der Waals surface area contributed by atoms with E-state index in [1.807, 2.05) is 0 Å². The Morgan fingerprint density at radius 2 is 0.895 bits per heavy atom. The first-order chi connectivity index (χ1) is 39.9. The van der Waals surface area contributed by atoms with Crippen molar-refractivity contribution in [2.75, 3.05) is 0 Å². The lowest BCUT2D eigenvalue weighted by Crippen LogP contribution is -2.08. The predicted molar refractivity (Wildman–Crippen MR) is 232 cm³/mol. The smallest absolute Gasteiger partial charge is 0.235 e. The topological polar surface area (TPSA) is 66.3 Å². The molecule has 12 aromatic rings. The molecule has 57 heavy (non-hydrogen) atoms. The Balaban J connectivity index is 1.41. The van der Waals surface area contributed by atoms with Gasteiger partial charge in [-0.15, -0.1) is 0 Å². The molecule has 6 heterocycles. The molecule has 0 atom stereocenters. The highest BCUT2D eigenvalue weighted by molar-refractivity contribution is 6.12. The van der Waals surface area contributed by atoms with Crippen molar-refractivity contribution >= 4 is 65.4 Å². The van der Waals surface area contributed by atoms with Gasteiger partial charge in [-0.3, -0.25) is 14.5 Å². The maximum absolute atomic E-state index is 10.2. The van der Waals surface area contributed by atoms with Gasteiger partial charge in [-0.2, -0.15) is 0 Å². The van der Waals surface area contributed by atoms with Gasteiger partial charge in [0.05, 0.1) is 107 Å². The van der Waals surface area contributed by atoms with Gasteiger partial charge < -0.3 is 9.13 Å². The molecule has 6 aromatic carbocycles. The van der Waals surface area contributed by atoms with E-state index in [0.29, 0.717) is 0 Å². The van der Waals surface area contributed by atoms with Crippen LogP contribution >= 0.6 is 0 Å². The van der Waals surface area contributed by atoms with Crippen LogP contribution in [0.4, 0.5) is 0 Å². The molecule has 0 aliphatic heterocycles. The fraction of sp³-hybridized carbons (Fsp3) is 0. The van der Waals surface area contributed by atoms with Crippen LogP contribution in [-0.4, -0.2) is 33.6 Å². The Labute approximate surface area is 365 Å². The van der Waals surface area contributed by atoms with Crippen molar-refractivity contribution in [2.45, 2.75) is 0 Å². The van der Waals surface area contributed by atoms with Crippen LogP contribution in [0, 0.1) is 0 Å². The van der Waals surface area contributed by atoms with Crippen molar-refractivity contribution in [1.29, 1.82) is 0 Å². The van der Waals surface area contributed by atoms with Crippen LogP contribution in [0.1, 0.15) is 38.4 Å². The number of nitrogens with zero attached hydrogens (tertiary/aromatic N) is 7. The molecule has 0 saturated carbocycles. The van der Waals surface area contributed by atoms with Gasteiger partial charge in [0.15, 0.2) is 0 Å². The minimum atomic E-state index is -0.970. The summed E-state index contributed by atoms with van der Waals surface area (Å²) in [6, 6.07) is -17.0. The lowest BCUT2D eigenvalue weighted by Gasteiger charge is -2.21. The quantitative estimate of drug-likeness (QED) is 0.175. The molecule has 0 unspecified atom stereocenters. The molecule has 0 aliphatic rings. The Morgan fingerprint density at radius 3 is 1.49 bits per heavy atom. The molecule has 0 amide bonds. The molecule has 0 bridgehead atoms. The predicted octanol–water partition coefficient (Wildman–Crippen LogP) is 11.9. The van der Waals surface area contributed by atoms with Crippen molar-refractivity contribution < 1.29 is 38.4 Å². The Kier molecular flexibility index (Phi) is 3.16. The van der Waals surface area contributed by atoms with Gasteiger partial charge in [-0.1, -0.05) is 115 Å². The highest BCUT2D eigenvalue weighted by Crippen LogP contribution is 2.42. The molecular weight excluding hydrogens is 699 g/mol. The summed E-state index contributed by atoms with van der Waals surface area (Å²) < 4.78 is 256. The number of hydrogen-bond donors (Lipinski definition) is 0. The van der Waals surface area contributed by atoms with E-state index in [1.165, 1.54) is 18.2 Å². The standard InChI is InChI=1S/C50H31N7/c1-2-13-32(14-3-1)40-29-41(54-50(53-40)57-44-22-10-6-15-33(44)34-16-7-11-23-45(34)57)39-19-12-24-46(55-42-20-8-4-17-35(42)37-25-27-51-30-47(37)55)49(39)56-43-21-9-5-18-36(43)38-26-28-52-31-48(38)56/h1-31H/i1D,2D,3D,4D,5D,6D,7D,8D,9D,10D,11D,13D,14D,15D,16D,17D,18D,20D,21D,22D,23D,25D,26D,27D,28D,29D,30D,31D. The summed E-state index contributed by atoms with van der Waals surface area (Å²) in [6.07, 6.45) is -3.32. The zero-order chi connectivity index (χ0) is 61.8. The molecular formula is C50H31N7. The normalized spacial score (nSPS) is 18.7. The van der Waals surface area contributed by atoms with E-state index in [-0.39, 0.29) is 0 Å². The molecule has 7 nitrogen and oxygen atoms in total. The van der Waals surface area contributed by atoms with Gasteiger partial charge >= 0.3 is 0 Å². The van der Waals surface area contributed by atoms with Gasteiger partial charge in [-0.05, 0) is 48.4 Å². The third-order valence-corrected chi connectivity index (χ3v) is 9.36. The number of benzene rings is 6. The molecule has 266 valence electrons. The van der Waals surface area contributed by atoms with Crippen LogP contribution in [-0.2, 0) is 0 Å². The summed E-state index contributed by atoms with van der Waals surface area (Å²) in [5, 5.41) is -2.80. The number of para-hydroxylation sites is 5. The highest BCUT2D eigenvalue weighted by Gasteiger charge is 2.24. The number of fused-ring (bicyclic) bond motifs is 9. The Hall–Kier alpha value is -7.90.